The second-order valence-electron chi connectivity index (χ2n) is 4.73. The van der Waals surface area contributed by atoms with Crippen molar-refractivity contribution in [1.82, 2.24) is 5.32 Å². The minimum absolute atomic E-state index is 0.199. The summed E-state index contributed by atoms with van der Waals surface area (Å²) in [5.74, 6) is -0.526. The third-order valence-corrected chi connectivity index (χ3v) is 3.10. The summed E-state index contributed by atoms with van der Waals surface area (Å²) in [4.78, 5) is 11.6. The van der Waals surface area contributed by atoms with Crippen LogP contribution in [0.5, 0.6) is 0 Å². The number of aliphatic hydroxyl groups is 4. The van der Waals surface area contributed by atoms with Gasteiger partial charge in [0, 0.05) is 6.61 Å². The summed E-state index contributed by atoms with van der Waals surface area (Å²) in [6, 6.07) is -1.17. The van der Waals surface area contributed by atoms with E-state index in [1.54, 1.807) is 0 Å². The first-order valence-corrected chi connectivity index (χ1v) is 6.68. The van der Waals surface area contributed by atoms with Crippen LogP contribution in [-0.2, 0) is 14.3 Å². The van der Waals surface area contributed by atoms with E-state index >= 15 is 0 Å². The van der Waals surface area contributed by atoms with E-state index in [0.29, 0.717) is 6.61 Å². The molecule has 0 aliphatic carbocycles. The highest BCUT2D eigenvalue weighted by atomic mass is 16.6. The number of carbonyl (C=O) groups excluding carboxylic acids is 1. The molecular formula is C12H23NO7. The van der Waals surface area contributed by atoms with Gasteiger partial charge in [0.1, 0.15) is 31.0 Å². The van der Waals surface area contributed by atoms with E-state index in [1.807, 2.05) is 6.92 Å². The summed E-state index contributed by atoms with van der Waals surface area (Å²) in [6.07, 6.45) is -3.64. The Bertz CT molecular complexity index is 302. The second kappa shape index (κ2) is 8.50. The average molecular weight is 293 g/mol. The lowest BCUT2D eigenvalue weighted by atomic mass is 9.97. The van der Waals surface area contributed by atoms with Gasteiger partial charge < -0.3 is 35.2 Å². The number of hydrogen-bond donors (Lipinski definition) is 5. The fraction of sp³-hybridized carbons (Fsp3) is 0.917. The highest BCUT2D eigenvalue weighted by Crippen LogP contribution is 2.19. The Balaban J connectivity index is 2.43. The Labute approximate surface area is 117 Å². The summed E-state index contributed by atoms with van der Waals surface area (Å²) >= 11 is 0. The molecule has 8 nitrogen and oxygen atoms in total. The van der Waals surface area contributed by atoms with Gasteiger partial charge in [-0.1, -0.05) is 13.3 Å². The van der Waals surface area contributed by atoms with Crippen molar-refractivity contribution < 1.29 is 34.7 Å². The van der Waals surface area contributed by atoms with Crippen molar-refractivity contribution in [2.75, 3.05) is 19.8 Å². The Morgan fingerprint density at radius 2 is 2.00 bits per heavy atom. The predicted molar refractivity (Wildman–Crippen MR) is 67.6 cm³/mol. The first-order valence-electron chi connectivity index (χ1n) is 6.68. The van der Waals surface area contributed by atoms with Crippen LogP contribution in [0.4, 0.5) is 0 Å². The standard InChI is InChI=1S/C12H23NO7/c1-2-3-4-19-6-8(15)13-9-11(17)10(16)7(5-14)20-12(9)18/h7,9-12,14,16-18H,2-6H2,1H3,(H,13,15)/t7?,9-,10-,11?,12?/m1/s1. The van der Waals surface area contributed by atoms with Crippen molar-refractivity contribution in [3.63, 3.8) is 0 Å². The van der Waals surface area contributed by atoms with Gasteiger partial charge in [0.05, 0.1) is 6.61 Å². The Hall–Kier alpha value is -0.770. The molecule has 1 aliphatic rings. The van der Waals surface area contributed by atoms with Crippen LogP contribution < -0.4 is 5.32 Å². The molecule has 0 aromatic rings. The SMILES string of the molecule is CCCCOCC(=O)N[C@H]1C(O)OC(CO)[C@@H](O)C1O. The number of hydrogen-bond acceptors (Lipinski definition) is 7. The lowest BCUT2D eigenvalue weighted by Crippen LogP contribution is -2.64. The molecule has 1 saturated heterocycles. The molecule has 0 radical (unpaired) electrons. The zero-order chi connectivity index (χ0) is 15.1. The smallest absolute Gasteiger partial charge is 0.246 e. The van der Waals surface area contributed by atoms with Crippen LogP contribution in [0.15, 0.2) is 0 Å². The average Bonchev–Trinajstić information content (AvgIpc) is 2.43. The highest BCUT2D eigenvalue weighted by Gasteiger charge is 2.44. The van der Waals surface area contributed by atoms with Crippen molar-refractivity contribution >= 4 is 5.91 Å². The molecule has 3 unspecified atom stereocenters. The zero-order valence-electron chi connectivity index (χ0n) is 11.4. The second-order valence-corrected chi connectivity index (χ2v) is 4.73. The molecule has 0 bridgehead atoms. The molecule has 8 heteroatoms. The van der Waals surface area contributed by atoms with E-state index in [9.17, 15) is 20.1 Å². The summed E-state index contributed by atoms with van der Waals surface area (Å²) < 4.78 is 10.0. The van der Waals surface area contributed by atoms with E-state index in [2.05, 4.69) is 5.32 Å². The molecule has 5 N–H and O–H groups in total. The van der Waals surface area contributed by atoms with Gasteiger partial charge in [-0.25, -0.2) is 0 Å². The quantitative estimate of drug-likeness (QED) is 0.334. The van der Waals surface area contributed by atoms with Gasteiger partial charge in [-0.2, -0.15) is 0 Å². The Kier molecular flexibility index (Phi) is 7.35. The first kappa shape index (κ1) is 17.3. The van der Waals surface area contributed by atoms with Crippen molar-refractivity contribution in [3.8, 4) is 0 Å². The molecule has 1 aliphatic heterocycles. The summed E-state index contributed by atoms with van der Waals surface area (Å²) in [6.45, 7) is 1.70. The molecule has 1 rings (SSSR count). The molecule has 0 spiro atoms. The van der Waals surface area contributed by atoms with Crippen molar-refractivity contribution in [1.29, 1.82) is 0 Å². The maximum Gasteiger partial charge on any atom is 0.246 e. The van der Waals surface area contributed by atoms with Crippen LogP contribution in [0, 0.1) is 0 Å². The largest absolute Gasteiger partial charge is 0.394 e. The minimum Gasteiger partial charge on any atom is -0.394 e. The van der Waals surface area contributed by atoms with Crippen LogP contribution >= 0.6 is 0 Å². The third-order valence-electron chi connectivity index (χ3n) is 3.10. The molecule has 118 valence electrons. The number of amides is 1. The summed E-state index contributed by atoms with van der Waals surface area (Å²) in [5, 5.41) is 40.4. The molecule has 0 aromatic heterocycles. The van der Waals surface area contributed by atoms with Crippen LogP contribution in [0.2, 0.25) is 0 Å². The van der Waals surface area contributed by atoms with Crippen molar-refractivity contribution in [2.24, 2.45) is 0 Å². The van der Waals surface area contributed by atoms with Crippen LogP contribution in [0.1, 0.15) is 19.8 Å². The summed E-state index contributed by atoms with van der Waals surface area (Å²) in [7, 11) is 0. The van der Waals surface area contributed by atoms with Gasteiger partial charge in [0.25, 0.3) is 0 Å². The van der Waals surface area contributed by atoms with Crippen LogP contribution in [-0.4, -0.2) is 76.8 Å². The van der Waals surface area contributed by atoms with E-state index in [1.165, 1.54) is 0 Å². The maximum atomic E-state index is 11.6. The number of rotatable bonds is 7. The number of nitrogens with one attached hydrogen (secondary N) is 1. The number of carbonyl (C=O) groups is 1. The molecular weight excluding hydrogens is 270 g/mol. The van der Waals surface area contributed by atoms with Gasteiger partial charge in [0.2, 0.25) is 5.91 Å². The van der Waals surface area contributed by atoms with Gasteiger partial charge in [0.15, 0.2) is 6.29 Å². The maximum absolute atomic E-state index is 11.6. The Morgan fingerprint density at radius 3 is 2.60 bits per heavy atom. The van der Waals surface area contributed by atoms with Crippen LogP contribution in [0.25, 0.3) is 0 Å². The lowest BCUT2D eigenvalue weighted by Gasteiger charge is -2.40. The van der Waals surface area contributed by atoms with Gasteiger partial charge in [-0.15, -0.1) is 0 Å². The molecule has 5 atom stereocenters. The topological polar surface area (TPSA) is 128 Å². The normalized spacial score (nSPS) is 34.0. The molecule has 0 saturated carbocycles. The molecule has 20 heavy (non-hydrogen) atoms. The van der Waals surface area contributed by atoms with Crippen molar-refractivity contribution in [3.05, 3.63) is 0 Å². The Morgan fingerprint density at radius 1 is 1.30 bits per heavy atom. The molecule has 1 heterocycles. The number of unbranched alkanes of at least 4 members (excludes halogenated alkanes) is 1. The molecule has 0 aromatic carbocycles. The lowest BCUT2D eigenvalue weighted by molar-refractivity contribution is -0.254. The van der Waals surface area contributed by atoms with Gasteiger partial charge >= 0.3 is 0 Å². The van der Waals surface area contributed by atoms with Gasteiger partial charge in [-0.05, 0) is 6.42 Å². The van der Waals surface area contributed by atoms with Crippen molar-refractivity contribution in [2.45, 2.75) is 50.4 Å². The fourth-order valence-electron chi connectivity index (χ4n) is 1.89. The van der Waals surface area contributed by atoms with E-state index < -0.39 is 43.2 Å². The monoisotopic (exact) mass is 293 g/mol. The molecule has 1 fully saturated rings. The first-order chi connectivity index (χ1) is 9.51. The van der Waals surface area contributed by atoms with E-state index in [4.69, 9.17) is 14.6 Å². The third kappa shape index (κ3) is 4.65. The fourth-order valence-corrected chi connectivity index (χ4v) is 1.89. The zero-order valence-corrected chi connectivity index (χ0v) is 11.4. The highest BCUT2D eigenvalue weighted by molar-refractivity contribution is 5.77. The number of aliphatic hydroxyl groups excluding tert-OH is 4. The van der Waals surface area contributed by atoms with E-state index in [-0.39, 0.29) is 6.61 Å². The van der Waals surface area contributed by atoms with E-state index in [0.717, 1.165) is 12.8 Å². The predicted octanol–water partition coefficient (Wildman–Crippen LogP) is -2.28. The number of ether oxygens (including phenoxy) is 2. The van der Waals surface area contributed by atoms with Crippen LogP contribution in [0.3, 0.4) is 0 Å². The minimum atomic E-state index is -1.51. The van der Waals surface area contributed by atoms with Gasteiger partial charge in [-0.3, -0.25) is 4.79 Å². The molecule has 1 amide bonds. The summed E-state index contributed by atoms with van der Waals surface area (Å²) in [5.41, 5.74) is 0.